The van der Waals surface area contributed by atoms with Gasteiger partial charge in [-0.2, -0.15) is 0 Å². The monoisotopic (exact) mass is 434 g/mol. The van der Waals surface area contributed by atoms with E-state index in [0.717, 1.165) is 24.0 Å². The number of hydrogen-bond acceptors (Lipinski definition) is 2. The third-order valence-corrected chi connectivity index (χ3v) is 5.25. The Morgan fingerprint density at radius 2 is 1.48 bits per heavy atom. The number of benzene rings is 2. The summed E-state index contributed by atoms with van der Waals surface area (Å²) in [7, 11) is 0. The van der Waals surface area contributed by atoms with Gasteiger partial charge in [0.15, 0.2) is 0 Å². The summed E-state index contributed by atoms with van der Waals surface area (Å²) >= 11 is 11.9. The van der Waals surface area contributed by atoms with Crippen LogP contribution < -0.4 is 5.32 Å². The van der Waals surface area contributed by atoms with Gasteiger partial charge in [-0.15, -0.1) is 0 Å². The van der Waals surface area contributed by atoms with Crippen molar-refractivity contribution in [3.05, 3.63) is 69.7 Å². The van der Waals surface area contributed by atoms with E-state index in [9.17, 15) is 9.59 Å². The van der Waals surface area contributed by atoms with Crippen LogP contribution in [-0.4, -0.2) is 29.3 Å². The van der Waals surface area contributed by atoms with Crippen LogP contribution in [0.3, 0.4) is 0 Å². The van der Waals surface area contributed by atoms with Gasteiger partial charge >= 0.3 is 0 Å². The molecular formula is C23H28Cl2N2O2. The normalized spacial score (nSPS) is 11.7. The maximum atomic E-state index is 13.2. The van der Waals surface area contributed by atoms with Crippen molar-refractivity contribution >= 4 is 35.0 Å². The SMILES string of the molecule is CCCCNC(=O)C(CC)N(Cc1ccc(Cl)cc1)C(=O)Cc1ccc(Cl)cc1. The summed E-state index contributed by atoms with van der Waals surface area (Å²) < 4.78 is 0. The number of amides is 2. The van der Waals surface area contributed by atoms with Gasteiger partial charge in [0, 0.05) is 23.1 Å². The summed E-state index contributed by atoms with van der Waals surface area (Å²) in [6.45, 7) is 4.97. The van der Waals surface area contributed by atoms with Gasteiger partial charge in [0.05, 0.1) is 6.42 Å². The first-order valence-corrected chi connectivity index (χ1v) is 10.8. The Kier molecular flexibility index (Phi) is 9.49. The molecule has 29 heavy (non-hydrogen) atoms. The lowest BCUT2D eigenvalue weighted by atomic mass is 10.1. The van der Waals surface area contributed by atoms with Crippen molar-refractivity contribution in [2.45, 2.75) is 52.1 Å². The highest BCUT2D eigenvalue weighted by molar-refractivity contribution is 6.30. The average molecular weight is 435 g/mol. The highest BCUT2D eigenvalue weighted by Gasteiger charge is 2.28. The van der Waals surface area contributed by atoms with Crippen LogP contribution in [0.4, 0.5) is 0 Å². The second-order valence-corrected chi connectivity index (χ2v) is 7.89. The largest absolute Gasteiger partial charge is 0.354 e. The second-order valence-electron chi connectivity index (χ2n) is 7.02. The van der Waals surface area contributed by atoms with Gasteiger partial charge in [-0.05, 0) is 48.2 Å². The lowest BCUT2D eigenvalue weighted by molar-refractivity contribution is -0.140. The van der Waals surface area contributed by atoms with Crippen LogP contribution in [0.2, 0.25) is 10.0 Å². The van der Waals surface area contributed by atoms with Crippen molar-refractivity contribution in [3.8, 4) is 0 Å². The highest BCUT2D eigenvalue weighted by atomic mass is 35.5. The van der Waals surface area contributed by atoms with Crippen LogP contribution in [0.25, 0.3) is 0 Å². The summed E-state index contributed by atoms with van der Waals surface area (Å²) in [6.07, 6.45) is 2.67. The molecule has 0 saturated heterocycles. The molecule has 0 heterocycles. The fourth-order valence-corrected chi connectivity index (χ4v) is 3.34. The van der Waals surface area contributed by atoms with Gasteiger partial charge in [0.25, 0.3) is 0 Å². The molecule has 0 aliphatic rings. The number of halogens is 2. The number of hydrogen-bond donors (Lipinski definition) is 1. The molecule has 1 atom stereocenters. The summed E-state index contributed by atoms with van der Waals surface area (Å²) in [5, 5.41) is 4.23. The maximum absolute atomic E-state index is 13.2. The molecule has 0 bridgehead atoms. The fraction of sp³-hybridized carbons (Fsp3) is 0.391. The lowest BCUT2D eigenvalue weighted by Gasteiger charge is -2.31. The van der Waals surface area contributed by atoms with E-state index >= 15 is 0 Å². The zero-order chi connectivity index (χ0) is 21.2. The van der Waals surface area contributed by atoms with E-state index in [1.165, 1.54) is 0 Å². The van der Waals surface area contributed by atoms with Crippen LogP contribution in [0.5, 0.6) is 0 Å². The molecule has 0 aromatic heterocycles. The van der Waals surface area contributed by atoms with Crippen molar-refractivity contribution in [1.82, 2.24) is 10.2 Å². The molecule has 0 aliphatic carbocycles. The molecule has 156 valence electrons. The van der Waals surface area contributed by atoms with Gasteiger partial charge in [0.1, 0.15) is 6.04 Å². The molecule has 2 aromatic carbocycles. The summed E-state index contributed by atoms with van der Waals surface area (Å²) in [6, 6.07) is 14.0. The lowest BCUT2D eigenvalue weighted by Crippen LogP contribution is -2.49. The van der Waals surface area contributed by atoms with Crippen LogP contribution in [-0.2, 0) is 22.6 Å². The summed E-state index contributed by atoms with van der Waals surface area (Å²) in [5.41, 5.74) is 1.79. The first-order valence-electron chi connectivity index (χ1n) is 10.0. The third-order valence-electron chi connectivity index (χ3n) is 4.75. The molecule has 0 aliphatic heterocycles. The zero-order valence-corrected chi connectivity index (χ0v) is 18.5. The number of nitrogens with zero attached hydrogens (tertiary/aromatic N) is 1. The Morgan fingerprint density at radius 3 is 2.00 bits per heavy atom. The van der Waals surface area contributed by atoms with Gasteiger partial charge in [-0.3, -0.25) is 9.59 Å². The van der Waals surface area contributed by atoms with Gasteiger partial charge in [0.2, 0.25) is 11.8 Å². The van der Waals surface area contributed by atoms with E-state index in [1.807, 2.05) is 31.2 Å². The molecule has 0 radical (unpaired) electrons. The van der Waals surface area contributed by atoms with Gasteiger partial charge in [-0.25, -0.2) is 0 Å². The Balaban J connectivity index is 2.22. The van der Waals surface area contributed by atoms with Crippen LogP contribution in [0.1, 0.15) is 44.2 Å². The van der Waals surface area contributed by atoms with Gasteiger partial charge < -0.3 is 10.2 Å². The first kappa shape index (κ1) is 23.2. The molecule has 4 nitrogen and oxygen atoms in total. The maximum Gasteiger partial charge on any atom is 0.242 e. The third kappa shape index (κ3) is 7.37. The van der Waals surface area contributed by atoms with Crippen LogP contribution in [0, 0.1) is 0 Å². The standard InChI is InChI=1S/C23H28Cl2N2O2/c1-3-5-14-26-23(29)21(4-2)27(16-18-8-12-20(25)13-9-18)22(28)15-17-6-10-19(24)11-7-17/h6-13,21H,3-5,14-16H2,1-2H3,(H,26,29). The highest BCUT2D eigenvalue weighted by Crippen LogP contribution is 2.17. The number of unbranched alkanes of at least 4 members (excludes halogenated alkanes) is 1. The van der Waals surface area contributed by atoms with E-state index in [4.69, 9.17) is 23.2 Å². The van der Waals surface area contributed by atoms with E-state index in [0.29, 0.717) is 29.6 Å². The van der Waals surface area contributed by atoms with E-state index in [2.05, 4.69) is 12.2 Å². The Morgan fingerprint density at radius 1 is 0.931 bits per heavy atom. The number of carbonyl (C=O) groups is 2. The molecule has 1 unspecified atom stereocenters. The Labute approximate surface area is 183 Å². The van der Waals surface area contributed by atoms with Crippen molar-refractivity contribution in [3.63, 3.8) is 0 Å². The van der Waals surface area contributed by atoms with Crippen molar-refractivity contribution in [2.75, 3.05) is 6.54 Å². The molecule has 2 aromatic rings. The molecular weight excluding hydrogens is 407 g/mol. The minimum Gasteiger partial charge on any atom is -0.354 e. The Bertz CT molecular complexity index is 792. The molecule has 6 heteroatoms. The summed E-state index contributed by atoms with van der Waals surface area (Å²) in [5.74, 6) is -0.209. The number of nitrogens with one attached hydrogen (secondary N) is 1. The van der Waals surface area contributed by atoms with Crippen LogP contribution >= 0.6 is 23.2 Å². The molecule has 2 amide bonds. The number of rotatable bonds is 10. The molecule has 1 N–H and O–H groups in total. The predicted molar refractivity (Wildman–Crippen MR) is 119 cm³/mol. The van der Waals surface area contributed by atoms with Crippen molar-refractivity contribution in [2.24, 2.45) is 0 Å². The fourth-order valence-electron chi connectivity index (χ4n) is 3.09. The van der Waals surface area contributed by atoms with Crippen molar-refractivity contribution < 1.29 is 9.59 Å². The van der Waals surface area contributed by atoms with Crippen molar-refractivity contribution in [1.29, 1.82) is 0 Å². The first-order chi connectivity index (χ1) is 13.9. The number of carbonyl (C=O) groups excluding carboxylic acids is 2. The van der Waals surface area contributed by atoms with E-state index < -0.39 is 6.04 Å². The topological polar surface area (TPSA) is 49.4 Å². The zero-order valence-electron chi connectivity index (χ0n) is 17.0. The minimum absolute atomic E-state index is 0.0974. The minimum atomic E-state index is -0.526. The molecule has 0 saturated carbocycles. The molecule has 0 fully saturated rings. The quantitative estimate of drug-likeness (QED) is 0.518. The van der Waals surface area contributed by atoms with Gasteiger partial charge in [-0.1, -0.05) is 67.7 Å². The average Bonchev–Trinajstić information content (AvgIpc) is 2.71. The van der Waals surface area contributed by atoms with E-state index in [1.54, 1.807) is 29.2 Å². The second kappa shape index (κ2) is 11.8. The van der Waals surface area contributed by atoms with Crippen LogP contribution in [0.15, 0.2) is 48.5 Å². The summed E-state index contributed by atoms with van der Waals surface area (Å²) in [4.78, 5) is 27.6. The Hall–Kier alpha value is -2.04. The molecule has 0 spiro atoms. The predicted octanol–water partition coefficient (Wildman–Crippen LogP) is 5.26. The smallest absolute Gasteiger partial charge is 0.242 e. The van der Waals surface area contributed by atoms with E-state index in [-0.39, 0.29) is 18.2 Å². The molecule has 2 rings (SSSR count).